The van der Waals surface area contributed by atoms with Crippen molar-refractivity contribution in [2.45, 2.75) is 13.3 Å². The third-order valence-corrected chi connectivity index (χ3v) is 2.72. The van der Waals surface area contributed by atoms with Crippen LogP contribution in [0.4, 0.5) is 0 Å². The topological polar surface area (TPSA) is 20.2 Å². The SMILES string of the molecule is C=CCc1cc2ccccc2c(C)c1O. The van der Waals surface area contributed by atoms with Gasteiger partial charge in [0.05, 0.1) is 0 Å². The van der Waals surface area contributed by atoms with E-state index in [-0.39, 0.29) is 0 Å². The summed E-state index contributed by atoms with van der Waals surface area (Å²) in [5.41, 5.74) is 1.89. The van der Waals surface area contributed by atoms with E-state index in [0.29, 0.717) is 12.2 Å². The molecule has 2 aromatic rings. The predicted octanol–water partition coefficient (Wildman–Crippen LogP) is 3.58. The number of phenolic OH excluding ortho intramolecular Hbond substituents is 1. The van der Waals surface area contributed by atoms with Crippen LogP contribution in [0, 0.1) is 6.92 Å². The molecule has 0 radical (unpaired) electrons. The highest BCUT2D eigenvalue weighted by molar-refractivity contribution is 5.88. The van der Waals surface area contributed by atoms with Crippen molar-refractivity contribution in [3.63, 3.8) is 0 Å². The smallest absolute Gasteiger partial charge is 0.122 e. The van der Waals surface area contributed by atoms with E-state index in [0.717, 1.165) is 16.5 Å². The lowest BCUT2D eigenvalue weighted by atomic mass is 9.99. The highest BCUT2D eigenvalue weighted by atomic mass is 16.3. The number of rotatable bonds is 2. The molecular formula is C14H14O. The molecule has 76 valence electrons. The Morgan fingerprint density at radius 3 is 2.80 bits per heavy atom. The molecule has 0 aliphatic heterocycles. The van der Waals surface area contributed by atoms with Crippen LogP contribution < -0.4 is 0 Å². The van der Waals surface area contributed by atoms with Crippen LogP contribution in [0.2, 0.25) is 0 Å². The number of aromatic hydroxyl groups is 1. The van der Waals surface area contributed by atoms with Crippen molar-refractivity contribution in [1.29, 1.82) is 0 Å². The van der Waals surface area contributed by atoms with Crippen molar-refractivity contribution in [3.8, 4) is 5.75 Å². The van der Waals surface area contributed by atoms with Crippen molar-refractivity contribution in [2.24, 2.45) is 0 Å². The molecule has 0 unspecified atom stereocenters. The molecule has 15 heavy (non-hydrogen) atoms. The van der Waals surface area contributed by atoms with Crippen LogP contribution >= 0.6 is 0 Å². The molecule has 0 spiro atoms. The van der Waals surface area contributed by atoms with Crippen LogP contribution in [0.1, 0.15) is 11.1 Å². The average molecular weight is 198 g/mol. The first-order valence-corrected chi connectivity index (χ1v) is 5.05. The standard InChI is InChI=1S/C14H14O/c1-3-6-12-9-11-7-4-5-8-13(11)10(2)14(12)15/h3-5,7-9,15H,1,6H2,2H3. The summed E-state index contributed by atoms with van der Waals surface area (Å²) in [6.07, 6.45) is 2.51. The molecule has 0 saturated carbocycles. The van der Waals surface area contributed by atoms with E-state index in [4.69, 9.17) is 0 Å². The van der Waals surface area contributed by atoms with Crippen LogP contribution in [0.25, 0.3) is 10.8 Å². The van der Waals surface area contributed by atoms with Gasteiger partial charge in [0.1, 0.15) is 5.75 Å². The van der Waals surface area contributed by atoms with Crippen molar-refractivity contribution in [1.82, 2.24) is 0 Å². The third-order valence-electron chi connectivity index (χ3n) is 2.72. The van der Waals surface area contributed by atoms with Crippen LogP contribution in [-0.2, 0) is 6.42 Å². The number of phenols is 1. The number of hydrogen-bond donors (Lipinski definition) is 1. The van der Waals surface area contributed by atoms with E-state index in [9.17, 15) is 5.11 Å². The van der Waals surface area contributed by atoms with E-state index in [2.05, 4.69) is 12.6 Å². The second-order valence-electron chi connectivity index (χ2n) is 3.72. The monoisotopic (exact) mass is 198 g/mol. The van der Waals surface area contributed by atoms with Crippen LogP contribution in [0.15, 0.2) is 43.0 Å². The zero-order chi connectivity index (χ0) is 10.8. The Morgan fingerprint density at radius 2 is 2.07 bits per heavy atom. The average Bonchev–Trinajstić information content (AvgIpc) is 2.26. The van der Waals surface area contributed by atoms with Crippen LogP contribution in [0.3, 0.4) is 0 Å². The van der Waals surface area contributed by atoms with Crippen molar-refractivity contribution in [2.75, 3.05) is 0 Å². The Morgan fingerprint density at radius 1 is 1.33 bits per heavy atom. The summed E-state index contributed by atoms with van der Waals surface area (Å²) >= 11 is 0. The van der Waals surface area contributed by atoms with Gasteiger partial charge in [-0.15, -0.1) is 6.58 Å². The van der Waals surface area contributed by atoms with Crippen LogP contribution in [-0.4, -0.2) is 5.11 Å². The molecule has 0 aromatic heterocycles. The third kappa shape index (κ3) is 1.61. The van der Waals surface area contributed by atoms with E-state index >= 15 is 0 Å². The number of aryl methyl sites for hydroxylation is 1. The Balaban J connectivity index is 2.76. The van der Waals surface area contributed by atoms with Crippen LogP contribution in [0.5, 0.6) is 5.75 Å². The first-order chi connectivity index (χ1) is 7.24. The first-order valence-electron chi connectivity index (χ1n) is 5.05. The van der Waals surface area contributed by atoms with Crippen molar-refractivity contribution in [3.05, 3.63) is 54.1 Å². The lowest BCUT2D eigenvalue weighted by Crippen LogP contribution is -1.88. The molecule has 0 aliphatic carbocycles. The second kappa shape index (κ2) is 3.77. The highest BCUT2D eigenvalue weighted by Crippen LogP contribution is 2.30. The summed E-state index contributed by atoms with van der Waals surface area (Å²) in [6.45, 7) is 5.64. The van der Waals surface area contributed by atoms with Crippen molar-refractivity contribution < 1.29 is 5.11 Å². The molecule has 1 heteroatoms. The van der Waals surface area contributed by atoms with E-state index in [1.807, 2.05) is 37.3 Å². The maximum absolute atomic E-state index is 9.98. The van der Waals surface area contributed by atoms with Crippen molar-refractivity contribution >= 4 is 10.8 Å². The first kappa shape index (κ1) is 9.78. The maximum atomic E-state index is 9.98. The molecule has 1 N–H and O–H groups in total. The molecule has 1 nitrogen and oxygen atoms in total. The number of fused-ring (bicyclic) bond motifs is 1. The molecule has 0 saturated heterocycles. The summed E-state index contributed by atoms with van der Waals surface area (Å²) in [5, 5.41) is 12.3. The Bertz CT molecular complexity index is 512. The lowest BCUT2D eigenvalue weighted by Gasteiger charge is -2.09. The van der Waals surface area contributed by atoms with Gasteiger partial charge in [-0.05, 0) is 41.3 Å². The molecule has 2 rings (SSSR count). The van der Waals surface area contributed by atoms with Gasteiger partial charge in [0.2, 0.25) is 0 Å². The Kier molecular flexibility index (Phi) is 2.46. The van der Waals surface area contributed by atoms with Gasteiger partial charge in [-0.2, -0.15) is 0 Å². The molecule has 0 fully saturated rings. The fraction of sp³-hybridized carbons (Fsp3) is 0.143. The fourth-order valence-corrected chi connectivity index (χ4v) is 1.90. The molecule has 2 aromatic carbocycles. The number of allylic oxidation sites excluding steroid dienone is 1. The molecule has 0 amide bonds. The molecule has 0 bridgehead atoms. The largest absolute Gasteiger partial charge is 0.507 e. The van der Waals surface area contributed by atoms with Gasteiger partial charge >= 0.3 is 0 Å². The Hall–Kier alpha value is -1.76. The minimum atomic E-state index is 0.397. The van der Waals surface area contributed by atoms with Gasteiger partial charge in [0.25, 0.3) is 0 Å². The summed E-state index contributed by atoms with van der Waals surface area (Å²) in [6, 6.07) is 10.1. The molecule has 0 aliphatic rings. The van der Waals surface area contributed by atoms with Gasteiger partial charge < -0.3 is 5.11 Å². The molecule has 0 heterocycles. The lowest BCUT2D eigenvalue weighted by molar-refractivity contribution is 0.466. The zero-order valence-electron chi connectivity index (χ0n) is 8.83. The van der Waals surface area contributed by atoms with Gasteiger partial charge in [0, 0.05) is 0 Å². The maximum Gasteiger partial charge on any atom is 0.122 e. The summed E-state index contributed by atoms with van der Waals surface area (Å²) in [5.74, 6) is 0.397. The number of hydrogen-bond acceptors (Lipinski definition) is 1. The predicted molar refractivity (Wildman–Crippen MR) is 64.3 cm³/mol. The quantitative estimate of drug-likeness (QED) is 0.731. The normalized spacial score (nSPS) is 10.5. The van der Waals surface area contributed by atoms with E-state index in [1.54, 1.807) is 0 Å². The summed E-state index contributed by atoms with van der Waals surface area (Å²) < 4.78 is 0. The number of benzene rings is 2. The second-order valence-corrected chi connectivity index (χ2v) is 3.72. The summed E-state index contributed by atoms with van der Waals surface area (Å²) in [4.78, 5) is 0. The van der Waals surface area contributed by atoms with E-state index in [1.165, 1.54) is 5.39 Å². The Labute approximate surface area is 89.7 Å². The molecular weight excluding hydrogens is 184 g/mol. The minimum Gasteiger partial charge on any atom is -0.507 e. The van der Waals surface area contributed by atoms with Gasteiger partial charge in [-0.3, -0.25) is 0 Å². The summed E-state index contributed by atoms with van der Waals surface area (Å²) in [7, 11) is 0. The van der Waals surface area contributed by atoms with Gasteiger partial charge in [-0.1, -0.05) is 30.3 Å². The highest BCUT2D eigenvalue weighted by Gasteiger charge is 2.07. The van der Waals surface area contributed by atoms with Gasteiger partial charge in [0.15, 0.2) is 0 Å². The molecule has 0 atom stereocenters. The minimum absolute atomic E-state index is 0.397. The fourth-order valence-electron chi connectivity index (χ4n) is 1.90. The zero-order valence-corrected chi connectivity index (χ0v) is 8.83. The van der Waals surface area contributed by atoms with E-state index < -0.39 is 0 Å². The van der Waals surface area contributed by atoms with Gasteiger partial charge in [-0.25, -0.2) is 0 Å².